The first-order valence-corrected chi connectivity index (χ1v) is 4.02. The lowest BCUT2D eigenvalue weighted by atomic mass is 10.1. The average Bonchev–Trinajstić information content (AvgIpc) is 2.21. The van der Waals surface area contributed by atoms with Crippen molar-refractivity contribution >= 4 is 12.0 Å². The zero-order chi connectivity index (χ0) is 9.52. The van der Waals surface area contributed by atoms with Crippen molar-refractivity contribution in [2.75, 3.05) is 6.61 Å². The summed E-state index contributed by atoms with van der Waals surface area (Å²) in [6.45, 7) is 2.24. The van der Waals surface area contributed by atoms with Crippen molar-refractivity contribution < 1.29 is 9.63 Å². The van der Waals surface area contributed by atoms with E-state index in [4.69, 9.17) is 4.84 Å². The summed E-state index contributed by atoms with van der Waals surface area (Å²) in [6, 6.07) is 9.08. The molecular weight excluding hydrogens is 166 g/mol. The van der Waals surface area contributed by atoms with Crippen LogP contribution in [-0.4, -0.2) is 18.6 Å². The van der Waals surface area contributed by atoms with Crippen LogP contribution < -0.4 is 0 Å². The Kier molecular flexibility index (Phi) is 3.70. The lowest BCUT2D eigenvalue weighted by molar-refractivity contribution is 0.159. The van der Waals surface area contributed by atoms with Crippen molar-refractivity contribution in [2.45, 2.75) is 6.92 Å². The normalized spacial score (nSPS) is 11.0. The van der Waals surface area contributed by atoms with Crippen molar-refractivity contribution in [1.82, 2.24) is 0 Å². The van der Waals surface area contributed by atoms with E-state index in [2.05, 4.69) is 5.16 Å². The summed E-state index contributed by atoms with van der Waals surface area (Å²) in [6.07, 6.45) is 1.73. The van der Waals surface area contributed by atoms with E-state index in [0.29, 0.717) is 12.2 Å². The fourth-order valence-electron chi connectivity index (χ4n) is 0.855. The number of nitrogens with zero attached hydrogens (tertiary/aromatic N) is 1. The minimum atomic E-state index is 0.197. The van der Waals surface area contributed by atoms with Gasteiger partial charge in [0.05, 0.1) is 0 Å². The quantitative estimate of drug-likeness (QED) is 0.515. The van der Waals surface area contributed by atoms with Gasteiger partial charge in [0.25, 0.3) is 6.29 Å². The van der Waals surface area contributed by atoms with Crippen LogP contribution in [0.15, 0.2) is 35.5 Å². The van der Waals surface area contributed by atoms with Crippen LogP contribution in [0, 0.1) is 0 Å². The molecule has 0 heterocycles. The maximum atomic E-state index is 10.5. The Bertz CT molecular complexity index is 293. The van der Waals surface area contributed by atoms with E-state index in [1.165, 1.54) is 0 Å². The van der Waals surface area contributed by atoms with Crippen LogP contribution in [0.4, 0.5) is 0 Å². The molecule has 0 aromatic heterocycles. The molecule has 3 heteroatoms. The molecule has 0 aliphatic heterocycles. The highest BCUT2D eigenvalue weighted by molar-refractivity contribution is 6.36. The van der Waals surface area contributed by atoms with Crippen LogP contribution in [-0.2, 0) is 9.63 Å². The molecule has 1 rings (SSSR count). The van der Waals surface area contributed by atoms with E-state index >= 15 is 0 Å². The number of benzene rings is 1. The highest BCUT2D eigenvalue weighted by atomic mass is 16.6. The molecule has 1 aromatic carbocycles. The largest absolute Gasteiger partial charge is 0.395 e. The second kappa shape index (κ2) is 5.09. The van der Waals surface area contributed by atoms with Crippen molar-refractivity contribution in [1.29, 1.82) is 0 Å². The van der Waals surface area contributed by atoms with Gasteiger partial charge in [-0.3, -0.25) is 4.79 Å². The second-order valence-electron chi connectivity index (χ2n) is 2.33. The van der Waals surface area contributed by atoms with Gasteiger partial charge in [-0.2, -0.15) is 0 Å². The van der Waals surface area contributed by atoms with Gasteiger partial charge in [-0.15, -0.1) is 0 Å². The van der Waals surface area contributed by atoms with Gasteiger partial charge in [0, 0.05) is 5.56 Å². The summed E-state index contributed by atoms with van der Waals surface area (Å²) >= 11 is 0. The van der Waals surface area contributed by atoms with Crippen molar-refractivity contribution in [3.8, 4) is 0 Å². The van der Waals surface area contributed by atoms with Gasteiger partial charge in [-0.1, -0.05) is 35.5 Å². The summed E-state index contributed by atoms with van der Waals surface area (Å²) in [5.74, 6) is 0. The first-order valence-electron chi connectivity index (χ1n) is 4.02. The molecule has 0 fully saturated rings. The molecule has 0 aliphatic rings. The monoisotopic (exact) mass is 176 g/mol. The van der Waals surface area contributed by atoms with Crippen LogP contribution in [0.25, 0.3) is 0 Å². The number of carbonyl (C=O) groups excluding carboxylic acids is 1. The van der Waals surface area contributed by atoms with E-state index in [1.807, 2.05) is 18.2 Å². The third-order valence-electron chi connectivity index (χ3n) is 1.43. The summed E-state index contributed by atoms with van der Waals surface area (Å²) in [5, 5.41) is 3.62. The smallest absolute Gasteiger partial charge is 0.257 e. The zero-order valence-electron chi connectivity index (χ0n) is 7.36. The predicted molar refractivity (Wildman–Crippen MR) is 50.3 cm³/mol. The molecule has 0 aliphatic carbocycles. The molecule has 0 saturated heterocycles. The molecule has 0 amide bonds. The van der Waals surface area contributed by atoms with Gasteiger partial charge in [0.1, 0.15) is 6.61 Å². The Morgan fingerprint density at radius 2 is 2.15 bits per heavy atom. The molecule has 0 spiro atoms. The van der Waals surface area contributed by atoms with Gasteiger partial charge >= 0.3 is 0 Å². The summed E-state index contributed by atoms with van der Waals surface area (Å²) in [4.78, 5) is 15.2. The van der Waals surface area contributed by atoms with E-state index in [9.17, 15) is 4.79 Å². The minimum Gasteiger partial charge on any atom is -0.395 e. The molecule has 67 valence electrons. The van der Waals surface area contributed by atoms with Gasteiger partial charge in [-0.25, -0.2) is 0 Å². The standard InChI is InChI=1S/C10H10NO2/c1-2-13-11-10(8-12)9-6-4-3-5-7-9/h3-7H,2H2,1H3/b11-10+. The molecule has 0 unspecified atom stereocenters. The zero-order valence-corrected chi connectivity index (χ0v) is 7.36. The van der Waals surface area contributed by atoms with Crippen LogP contribution in [0.3, 0.4) is 0 Å². The Balaban J connectivity index is 2.84. The number of oxime groups is 1. The van der Waals surface area contributed by atoms with Crippen LogP contribution in [0.1, 0.15) is 12.5 Å². The Morgan fingerprint density at radius 3 is 2.69 bits per heavy atom. The molecular formula is C10H10NO2. The van der Waals surface area contributed by atoms with Crippen LogP contribution in [0.2, 0.25) is 0 Å². The molecule has 0 bridgehead atoms. The fraction of sp³-hybridized carbons (Fsp3) is 0.200. The first-order chi connectivity index (χ1) is 6.38. The predicted octanol–water partition coefficient (Wildman–Crippen LogP) is 1.54. The summed E-state index contributed by atoms with van der Waals surface area (Å²) in [7, 11) is 0. The van der Waals surface area contributed by atoms with E-state index in [-0.39, 0.29) is 5.71 Å². The van der Waals surface area contributed by atoms with Crippen LogP contribution in [0.5, 0.6) is 0 Å². The topological polar surface area (TPSA) is 38.7 Å². The van der Waals surface area contributed by atoms with E-state index in [1.54, 1.807) is 25.3 Å². The maximum absolute atomic E-state index is 10.5. The molecule has 0 atom stereocenters. The SMILES string of the molecule is CCO/N=C(\[C]=O)c1ccccc1. The van der Waals surface area contributed by atoms with Crippen LogP contribution >= 0.6 is 0 Å². The molecule has 1 radical (unpaired) electrons. The Morgan fingerprint density at radius 1 is 1.46 bits per heavy atom. The third-order valence-corrected chi connectivity index (χ3v) is 1.43. The highest BCUT2D eigenvalue weighted by Gasteiger charge is 2.01. The van der Waals surface area contributed by atoms with E-state index in [0.717, 1.165) is 0 Å². The fourth-order valence-corrected chi connectivity index (χ4v) is 0.855. The van der Waals surface area contributed by atoms with Gasteiger partial charge < -0.3 is 4.84 Å². The molecule has 13 heavy (non-hydrogen) atoms. The summed E-state index contributed by atoms with van der Waals surface area (Å²) < 4.78 is 0. The van der Waals surface area contributed by atoms with E-state index < -0.39 is 0 Å². The second-order valence-corrected chi connectivity index (χ2v) is 2.33. The molecule has 0 N–H and O–H groups in total. The highest BCUT2D eigenvalue weighted by Crippen LogP contribution is 1.99. The van der Waals surface area contributed by atoms with Gasteiger partial charge in [0.15, 0.2) is 5.71 Å². The number of hydrogen-bond acceptors (Lipinski definition) is 3. The Hall–Kier alpha value is -1.64. The lowest BCUT2D eigenvalue weighted by Gasteiger charge is -1.97. The van der Waals surface area contributed by atoms with Crippen molar-refractivity contribution in [3.05, 3.63) is 35.9 Å². The third kappa shape index (κ3) is 2.71. The van der Waals surface area contributed by atoms with Crippen molar-refractivity contribution in [2.24, 2.45) is 5.16 Å². The molecule has 3 nitrogen and oxygen atoms in total. The van der Waals surface area contributed by atoms with Gasteiger partial charge in [0.2, 0.25) is 0 Å². The summed E-state index contributed by atoms with van der Waals surface area (Å²) in [5.41, 5.74) is 0.911. The van der Waals surface area contributed by atoms with Gasteiger partial charge in [-0.05, 0) is 6.92 Å². The minimum absolute atomic E-state index is 0.197. The maximum Gasteiger partial charge on any atom is 0.257 e. The Labute approximate surface area is 77.0 Å². The molecule has 0 saturated carbocycles. The van der Waals surface area contributed by atoms with Crippen molar-refractivity contribution in [3.63, 3.8) is 0 Å². The molecule has 1 aromatic rings. The number of rotatable bonds is 4. The lowest BCUT2D eigenvalue weighted by Crippen LogP contribution is -2.02. The number of hydrogen-bond donors (Lipinski definition) is 0. The average molecular weight is 176 g/mol. The first kappa shape index (κ1) is 9.45.